The molecule has 2 rings (SSSR count). The lowest BCUT2D eigenvalue weighted by atomic mass is 9.81. The summed E-state index contributed by atoms with van der Waals surface area (Å²) in [6, 6.07) is 4.36. The molecule has 1 heterocycles. The number of halogens is 2. The molecule has 1 saturated heterocycles. The van der Waals surface area contributed by atoms with Crippen LogP contribution in [-0.2, 0) is 11.2 Å². The maximum Gasteiger partial charge on any atom is 0.311 e. The number of hydrogen-bond donors (Lipinski definition) is 2. The summed E-state index contributed by atoms with van der Waals surface area (Å²) in [7, 11) is 0. The highest BCUT2D eigenvalue weighted by Gasteiger charge is 2.41. The Kier molecular flexibility index (Phi) is 3.49. The second kappa shape index (κ2) is 4.74. The Morgan fingerprint density at radius 2 is 2.35 bits per heavy atom. The van der Waals surface area contributed by atoms with Gasteiger partial charge in [-0.3, -0.25) is 4.79 Å². The number of carboxylic acids is 1. The molecule has 1 atom stereocenters. The van der Waals surface area contributed by atoms with Gasteiger partial charge in [-0.25, -0.2) is 4.39 Å². The summed E-state index contributed by atoms with van der Waals surface area (Å²) < 4.78 is 13.9. The third-order valence-electron chi connectivity index (χ3n) is 3.23. The van der Waals surface area contributed by atoms with Gasteiger partial charge in [0.15, 0.2) is 0 Å². The maximum absolute atomic E-state index is 13.2. The molecule has 0 aromatic heterocycles. The fourth-order valence-corrected chi connectivity index (χ4v) is 2.58. The average molecular weight is 302 g/mol. The Balaban J connectivity index is 2.29. The quantitative estimate of drug-likeness (QED) is 0.900. The third kappa shape index (κ3) is 2.50. The van der Waals surface area contributed by atoms with Crippen LogP contribution in [0.25, 0.3) is 0 Å². The Morgan fingerprint density at radius 3 is 2.94 bits per heavy atom. The van der Waals surface area contributed by atoms with Gasteiger partial charge in [-0.2, -0.15) is 0 Å². The average Bonchev–Trinajstić information content (AvgIpc) is 2.73. The summed E-state index contributed by atoms with van der Waals surface area (Å²) in [5.74, 6) is -1.16. The normalized spacial score (nSPS) is 23.9. The smallest absolute Gasteiger partial charge is 0.311 e. The van der Waals surface area contributed by atoms with Crippen LogP contribution in [0.4, 0.5) is 4.39 Å². The van der Waals surface area contributed by atoms with E-state index in [-0.39, 0.29) is 5.82 Å². The summed E-state index contributed by atoms with van der Waals surface area (Å²) in [5.41, 5.74) is -0.104. The molecule has 0 amide bonds. The minimum Gasteiger partial charge on any atom is -0.481 e. The summed E-state index contributed by atoms with van der Waals surface area (Å²) in [4.78, 5) is 11.4. The maximum atomic E-state index is 13.2. The molecule has 2 N–H and O–H groups in total. The largest absolute Gasteiger partial charge is 0.481 e. The molecular formula is C12H13BrFNO2. The van der Waals surface area contributed by atoms with Crippen LogP contribution in [0.3, 0.4) is 0 Å². The second-order valence-electron chi connectivity index (χ2n) is 4.42. The summed E-state index contributed by atoms with van der Waals surface area (Å²) in [6.07, 6.45) is 0.916. The van der Waals surface area contributed by atoms with E-state index in [0.29, 0.717) is 31.5 Å². The molecule has 1 aromatic rings. The number of hydrogen-bond acceptors (Lipinski definition) is 2. The number of aliphatic carboxylic acids is 1. The zero-order valence-corrected chi connectivity index (χ0v) is 10.8. The van der Waals surface area contributed by atoms with Crippen LogP contribution in [-0.4, -0.2) is 24.2 Å². The molecule has 1 aromatic carbocycles. The fourth-order valence-electron chi connectivity index (χ4n) is 2.20. The predicted octanol–water partition coefficient (Wildman–Crippen LogP) is 2.20. The summed E-state index contributed by atoms with van der Waals surface area (Å²) >= 11 is 3.33. The van der Waals surface area contributed by atoms with Gasteiger partial charge in [0.25, 0.3) is 0 Å². The van der Waals surface area contributed by atoms with E-state index in [1.54, 1.807) is 6.07 Å². The van der Waals surface area contributed by atoms with Crippen LogP contribution in [0.15, 0.2) is 22.7 Å². The Hall–Kier alpha value is -0.940. The van der Waals surface area contributed by atoms with E-state index in [0.717, 1.165) is 4.47 Å². The van der Waals surface area contributed by atoms with Crippen LogP contribution in [0, 0.1) is 11.2 Å². The van der Waals surface area contributed by atoms with Gasteiger partial charge in [-0.05, 0) is 43.1 Å². The van der Waals surface area contributed by atoms with Gasteiger partial charge in [-0.1, -0.05) is 15.9 Å². The zero-order chi connectivity index (χ0) is 12.5. The monoisotopic (exact) mass is 301 g/mol. The van der Waals surface area contributed by atoms with Gasteiger partial charge in [0.05, 0.1) is 5.41 Å². The van der Waals surface area contributed by atoms with E-state index in [1.165, 1.54) is 12.1 Å². The first-order valence-electron chi connectivity index (χ1n) is 5.42. The molecule has 0 radical (unpaired) electrons. The van der Waals surface area contributed by atoms with Gasteiger partial charge < -0.3 is 10.4 Å². The van der Waals surface area contributed by atoms with Gasteiger partial charge in [0, 0.05) is 11.0 Å². The first-order chi connectivity index (χ1) is 8.03. The molecule has 3 nitrogen and oxygen atoms in total. The minimum atomic E-state index is -0.821. The van der Waals surface area contributed by atoms with E-state index in [9.17, 15) is 14.3 Å². The number of nitrogens with one attached hydrogen (secondary N) is 1. The molecule has 1 fully saturated rings. The van der Waals surface area contributed by atoms with Crippen molar-refractivity contribution in [2.24, 2.45) is 5.41 Å². The number of benzene rings is 1. The molecule has 0 saturated carbocycles. The van der Waals surface area contributed by atoms with Crippen LogP contribution in [0.5, 0.6) is 0 Å². The van der Waals surface area contributed by atoms with Crippen molar-refractivity contribution in [3.8, 4) is 0 Å². The molecule has 1 unspecified atom stereocenters. The molecule has 92 valence electrons. The molecule has 0 spiro atoms. The highest BCUT2D eigenvalue weighted by atomic mass is 79.9. The Labute approximate surface area is 107 Å². The lowest BCUT2D eigenvalue weighted by Crippen LogP contribution is -2.35. The van der Waals surface area contributed by atoms with Crippen molar-refractivity contribution in [1.82, 2.24) is 5.32 Å². The van der Waals surface area contributed by atoms with Crippen molar-refractivity contribution in [2.45, 2.75) is 12.8 Å². The highest BCUT2D eigenvalue weighted by molar-refractivity contribution is 9.10. The standard InChI is InChI=1S/C12H13BrFNO2/c13-10-2-1-9(14)5-8(10)6-12(11(16)17)3-4-15-7-12/h1-2,5,15H,3-4,6-7H2,(H,16,17). The third-order valence-corrected chi connectivity index (χ3v) is 4.01. The lowest BCUT2D eigenvalue weighted by Gasteiger charge is -2.23. The molecule has 17 heavy (non-hydrogen) atoms. The van der Waals surface area contributed by atoms with Gasteiger partial charge in [0.1, 0.15) is 5.82 Å². The van der Waals surface area contributed by atoms with Crippen molar-refractivity contribution in [3.63, 3.8) is 0 Å². The predicted molar refractivity (Wildman–Crippen MR) is 65.4 cm³/mol. The zero-order valence-electron chi connectivity index (χ0n) is 9.17. The molecule has 1 aliphatic rings. The number of rotatable bonds is 3. The van der Waals surface area contributed by atoms with E-state index >= 15 is 0 Å². The van der Waals surface area contributed by atoms with E-state index < -0.39 is 11.4 Å². The molecular weight excluding hydrogens is 289 g/mol. The van der Waals surface area contributed by atoms with E-state index in [4.69, 9.17) is 0 Å². The van der Waals surface area contributed by atoms with E-state index in [1.807, 2.05) is 0 Å². The Morgan fingerprint density at radius 1 is 1.59 bits per heavy atom. The number of carbonyl (C=O) groups is 1. The van der Waals surface area contributed by atoms with Crippen molar-refractivity contribution in [2.75, 3.05) is 13.1 Å². The molecule has 0 bridgehead atoms. The highest BCUT2D eigenvalue weighted by Crippen LogP contribution is 2.33. The summed E-state index contributed by atoms with van der Waals surface area (Å²) in [5, 5.41) is 12.4. The van der Waals surface area contributed by atoms with Gasteiger partial charge in [-0.15, -0.1) is 0 Å². The Bertz CT molecular complexity index is 444. The molecule has 0 aliphatic carbocycles. The van der Waals surface area contributed by atoms with Crippen LogP contribution in [0.2, 0.25) is 0 Å². The summed E-state index contributed by atoms with van der Waals surface area (Å²) in [6.45, 7) is 1.13. The first-order valence-corrected chi connectivity index (χ1v) is 6.21. The lowest BCUT2D eigenvalue weighted by molar-refractivity contribution is -0.147. The molecule has 1 aliphatic heterocycles. The second-order valence-corrected chi connectivity index (χ2v) is 5.28. The van der Waals surface area contributed by atoms with Crippen LogP contribution >= 0.6 is 15.9 Å². The van der Waals surface area contributed by atoms with Gasteiger partial charge in [0.2, 0.25) is 0 Å². The van der Waals surface area contributed by atoms with Crippen molar-refractivity contribution in [1.29, 1.82) is 0 Å². The van der Waals surface area contributed by atoms with E-state index in [2.05, 4.69) is 21.2 Å². The molecule has 5 heteroatoms. The van der Waals surface area contributed by atoms with Crippen LogP contribution < -0.4 is 5.32 Å². The van der Waals surface area contributed by atoms with Gasteiger partial charge >= 0.3 is 5.97 Å². The van der Waals surface area contributed by atoms with Crippen molar-refractivity contribution >= 4 is 21.9 Å². The minimum absolute atomic E-state index is 0.338. The number of carboxylic acid groups (broad SMARTS) is 1. The SMILES string of the molecule is O=C(O)C1(Cc2cc(F)ccc2Br)CCNC1. The topological polar surface area (TPSA) is 49.3 Å². The fraction of sp³-hybridized carbons (Fsp3) is 0.417. The van der Waals surface area contributed by atoms with Crippen molar-refractivity contribution < 1.29 is 14.3 Å². The van der Waals surface area contributed by atoms with Crippen LogP contribution in [0.1, 0.15) is 12.0 Å². The van der Waals surface area contributed by atoms with Crippen molar-refractivity contribution in [3.05, 3.63) is 34.1 Å². The first kappa shape index (κ1) is 12.5.